The predicted molar refractivity (Wildman–Crippen MR) is 103 cm³/mol. The second-order valence-electron chi connectivity index (χ2n) is 5.99. The first-order chi connectivity index (χ1) is 12.6. The first-order valence-corrected chi connectivity index (χ1v) is 8.42. The molecule has 1 atom stereocenters. The molecular formula is C22H20N2O2. The molecule has 0 bridgehead atoms. The molecule has 2 N–H and O–H groups in total. The van der Waals surface area contributed by atoms with Crippen molar-refractivity contribution in [2.24, 2.45) is 0 Å². The Labute approximate surface area is 152 Å². The molecule has 3 aromatic carbocycles. The minimum absolute atomic E-state index is 0.283. The van der Waals surface area contributed by atoms with E-state index in [-0.39, 0.29) is 11.8 Å². The Morgan fingerprint density at radius 2 is 1.35 bits per heavy atom. The number of carbonyl (C=O) groups excluding carboxylic acids is 2. The number of anilines is 1. The van der Waals surface area contributed by atoms with E-state index in [0.29, 0.717) is 5.56 Å². The molecule has 0 aliphatic carbocycles. The van der Waals surface area contributed by atoms with E-state index in [1.54, 1.807) is 24.3 Å². The first-order valence-electron chi connectivity index (χ1n) is 8.42. The molecule has 0 fully saturated rings. The molecule has 130 valence electrons. The summed E-state index contributed by atoms with van der Waals surface area (Å²) < 4.78 is 0. The Bertz CT molecular complexity index is 892. The predicted octanol–water partition coefficient (Wildman–Crippen LogP) is 4.10. The van der Waals surface area contributed by atoms with Crippen LogP contribution >= 0.6 is 0 Å². The zero-order valence-electron chi connectivity index (χ0n) is 14.5. The van der Waals surface area contributed by atoms with Gasteiger partial charge in [0.15, 0.2) is 0 Å². The van der Waals surface area contributed by atoms with Crippen molar-refractivity contribution in [2.45, 2.75) is 13.0 Å². The van der Waals surface area contributed by atoms with E-state index < -0.39 is 6.04 Å². The van der Waals surface area contributed by atoms with E-state index in [9.17, 15) is 9.59 Å². The molecular weight excluding hydrogens is 324 g/mol. The van der Waals surface area contributed by atoms with Gasteiger partial charge in [0, 0.05) is 11.3 Å². The lowest BCUT2D eigenvalue weighted by molar-refractivity contribution is -0.118. The number of amides is 2. The first kappa shape index (κ1) is 17.4. The van der Waals surface area contributed by atoms with Crippen molar-refractivity contribution in [2.75, 3.05) is 5.32 Å². The molecule has 0 saturated heterocycles. The van der Waals surface area contributed by atoms with Crippen molar-refractivity contribution in [1.29, 1.82) is 0 Å². The number of aryl methyl sites for hydroxylation is 1. The molecule has 0 aromatic heterocycles. The third-order valence-electron chi connectivity index (χ3n) is 4.11. The molecule has 0 spiro atoms. The van der Waals surface area contributed by atoms with Gasteiger partial charge in [0.05, 0.1) is 0 Å². The smallest absolute Gasteiger partial charge is 0.252 e. The summed E-state index contributed by atoms with van der Waals surface area (Å²) in [6.07, 6.45) is 0. The van der Waals surface area contributed by atoms with Crippen molar-refractivity contribution in [3.05, 3.63) is 102 Å². The van der Waals surface area contributed by atoms with Crippen LogP contribution in [-0.4, -0.2) is 11.8 Å². The summed E-state index contributed by atoms with van der Waals surface area (Å²) in [5, 5.41) is 5.75. The molecule has 0 saturated carbocycles. The van der Waals surface area contributed by atoms with Crippen LogP contribution in [0.2, 0.25) is 0 Å². The quantitative estimate of drug-likeness (QED) is 0.732. The van der Waals surface area contributed by atoms with Gasteiger partial charge in [0.25, 0.3) is 11.8 Å². The van der Waals surface area contributed by atoms with Gasteiger partial charge in [-0.1, -0.05) is 66.7 Å². The molecule has 0 heterocycles. The number of hydrogen-bond acceptors (Lipinski definition) is 2. The lowest BCUT2D eigenvalue weighted by Crippen LogP contribution is -2.37. The summed E-state index contributed by atoms with van der Waals surface area (Å²) in [5.41, 5.74) is 2.93. The Morgan fingerprint density at radius 1 is 0.769 bits per heavy atom. The zero-order chi connectivity index (χ0) is 18.4. The number of nitrogens with one attached hydrogen (secondary N) is 2. The fraction of sp³-hybridized carbons (Fsp3) is 0.0909. The Morgan fingerprint density at radius 3 is 2.00 bits per heavy atom. The van der Waals surface area contributed by atoms with Crippen LogP contribution in [-0.2, 0) is 4.79 Å². The maximum Gasteiger partial charge on any atom is 0.252 e. The summed E-state index contributed by atoms with van der Waals surface area (Å²) in [6.45, 7) is 1.93. The van der Waals surface area contributed by atoms with Gasteiger partial charge in [-0.15, -0.1) is 0 Å². The Hall–Kier alpha value is -3.40. The fourth-order valence-electron chi connectivity index (χ4n) is 2.67. The van der Waals surface area contributed by atoms with Gasteiger partial charge in [-0.05, 0) is 36.2 Å². The van der Waals surface area contributed by atoms with Crippen LogP contribution in [0.25, 0.3) is 0 Å². The highest BCUT2D eigenvalue weighted by atomic mass is 16.2. The number of benzene rings is 3. The molecule has 3 aromatic rings. The molecule has 4 nitrogen and oxygen atoms in total. The second-order valence-corrected chi connectivity index (χ2v) is 5.99. The minimum atomic E-state index is -0.788. The van der Waals surface area contributed by atoms with Gasteiger partial charge in [-0.3, -0.25) is 9.59 Å². The molecule has 3 rings (SSSR count). The fourth-order valence-corrected chi connectivity index (χ4v) is 2.67. The average Bonchev–Trinajstić information content (AvgIpc) is 2.69. The van der Waals surface area contributed by atoms with Gasteiger partial charge in [0.2, 0.25) is 0 Å². The van der Waals surface area contributed by atoms with Crippen LogP contribution in [0.1, 0.15) is 27.5 Å². The lowest BCUT2D eigenvalue weighted by atomic mass is 10.0. The Balaban J connectivity index is 1.85. The monoisotopic (exact) mass is 344 g/mol. The van der Waals surface area contributed by atoms with Gasteiger partial charge in [-0.2, -0.15) is 0 Å². The summed E-state index contributed by atoms with van der Waals surface area (Å²) in [6, 6.07) is 24.8. The summed E-state index contributed by atoms with van der Waals surface area (Å²) >= 11 is 0. The van der Waals surface area contributed by atoms with Crippen LogP contribution in [0.4, 0.5) is 5.69 Å². The van der Waals surface area contributed by atoms with Gasteiger partial charge < -0.3 is 10.6 Å². The van der Waals surface area contributed by atoms with E-state index in [1.165, 1.54) is 0 Å². The number of carbonyl (C=O) groups is 2. The van der Waals surface area contributed by atoms with Crippen LogP contribution < -0.4 is 10.6 Å². The number of para-hydroxylation sites is 1. The third-order valence-corrected chi connectivity index (χ3v) is 4.11. The van der Waals surface area contributed by atoms with E-state index in [2.05, 4.69) is 10.6 Å². The summed E-state index contributed by atoms with van der Waals surface area (Å²) in [4.78, 5) is 25.5. The minimum Gasteiger partial charge on any atom is -0.336 e. The highest BCUT2D eigenvalue weighted by Gasteiger charge is 2.23. The van der Waals surface area contributed by atoms with Gasteiger partial charge >= 0.3 is 0 Å². The Kier molecular flexibility index (Phi) is 5.44. The van der Waals surface area contributed by atoms with Gasteiger partial charge in [0.1, 0.15) is 6.04 Å². The second kappa shape index (κ2) is 8.12. The van der Waals surface area contributed by atoms with Gasteiger partial charge in [-0.25, -0.2) is 0 Å². The van der Waals surface area contributed by atoms with Crippen molar-refractivity contribution in [1.82, 2.24) is 5.32 Å². The summed E-state index contributed by atoms with van der Waals surface area (Å²) in [7, 11) is 0. The molecule has 0 radical (unpaired) electrons. The molecule has 1 unspecified atom stereocenters. The largest absolute Gasteiger partial charge is 0.336 e. The van der Waals surface area contributed by atoms with E-state index in [0.717, 1.165) is 16.8 Å². The van der Waals surface area contributed by atoms with Crippen LogP contribution in [0, 0.1) is 6.92 Å². The molecule has 0 aliphatic rings. The highest BCUT2D eigenvalue weighted by molar-refractivity contribution is 6.01. The molecule has 4 heteroatoms. The normalized spacial score (nSPS) is 11.4. The van der Waals surface area contributed by atoms with Crippen molar-refractivity contribution in [3.63, 3.8) is 0 Å². The topological polar surface area (TPSA) is 58.2 Å². The van der Waals surface area contributed by atoms with E-state index in [1.807, 2.05) is 67.6 Å². The van der Waals surface area contributed by atoms with E-state index >= 15 is 0 Å². The number of rotatable bonds is 5. The van der Waals surface area contributed by atoms with Crippen molar-refractivity contribution < 1.29 is 9.59 Å². The van der Waals surface area contributed by atoms with Crippen LogP contribution in [0.3, 0.4) is 0 Å². The molecule has 2 amide bonds. The van der Waals surface area contributed by atoms with Crippen LogP contribution in [0.5, 0.6) is 0 Å². The van der Waals surface area contributed by atoms with Crippen molar-refractivity contribution in [3.8, 4) is 0 Å². The highest BCUT2D eigenvalue weighted by Crippen LogP contribution is 2.19. The maximum absolute atomic E-state index is 12.9. The molecule has 0 aliphatic heterocycles. The SMILES string of the molecule is Cc1ccccc1NC(=O)C(NC(=O)c1ccccc1)c1ccccc1. The van der Waals surface area contributed by atoms with E-state index in [4.69, 9.17) is 0 Å². The summed E-state index contributed by atoms with van der Waals surface area (Å²) in [5.74, 6) is -0.575. The average molecular weight is 344 g/mol. The molecule has 26 heavy (non-hydrogen) atoms. The third kappa shape index (κ3) is 4.16. The number of hydrogen-bond donors (Lipinski definition) is 2. The standard InChI is InChI=1S/C22H20N2O2/c1-16-10-8-9-15-19(16)23-22(26)20(17-11-4-2-5-12-17)24-21(25)18-13-6-3-7-14-18/h2-15,20H,1H3,(H,23,26)(H,24,25). The lowest BCUT2D eigenvalue weighted by Gasteiger charge is -2.19. The van der Waals surface area contributed by atoms with Crippen LogP contribution in [0.15, 0.2) is 84.9 Å². The maximum atomic E-state index is 12.9. The zero-order valence-corrected chi connectivity index (χ0v) is 14.5. The van der Waals surface area contributed by atoms with Crippen molar-refractivity contribution >= 4 is 17.5 Å².